The average Bonchev–Trinajstić information content (AvgIpc) is 3.69. The molecule has 2 aromatic heterocycles. The maximum absolute atomic E-state index is 12.0. The summed E-state index contributed by atoms with van der Waals surface area (Å²) in [5.41, 5.74) is 8.33. The molecule has 262 valence electrons. The van der Waals surface area contributed by atoms with E-state index in [1.807, 2.05) is 68.4 Å². The van der Waals surface area contributed by atoms with E-state index in [0.29, 0.717) is 26.5 Å². The number of halogens is 2. The number of aromatic nitrogens is 2. The maximum atomic E-state index is 12.0. The van der Waals surface area contributed by atoms with Crippen molar-refractivity contribution < 1.29 is 29.6 Å². The van der Waals surface area contributed by atoms with Crippen molar-refractivity contribution >= 4 is 56.9 Å². The van der Waals surface area contributed by atoms with Gasteiger partial charge in [0.2, 0.25) is 0 Å². The van der Waals surface area contributed by atoms with Crippen LogP contribution in [-0.2, 0) is 15.9 Å². The minimum Gasteiger partial charge on any atom is -0.478 e. The molecule has 4 aromatic carbocycles. The molecule has 2 aliphatic rings. The molecule has 0 amide bonds. The number of rotatable bonds is 6. The van der Waals surface area contributed by atoms with Crippen LogP contribution < -0.4 is 0 Å². The summed E-state index contributed by atoms with van der Waals surface area (Å²) in [6, 6.07) is 19.2. The van der Waals surface area contributed by atoms with Crippen molar-refractivity contribution in [2.24, 2.45) is 0 Å². The van der Waals surface area contributed by atoms with Gasteiger partial charge in [-0.15, -0.1) is 0 Å². The predicted octanol–water partition coefficient (Wildman–Crippen LogP) is 9.82. The van der Waals surface area contributed by atoms with Gasteiger partial charge in [0.15, 0.2) is 0 Å². The average molecular weight is 726 g/mol. The number of H-pyrrole nitrogens is 2. The van der Waals surface area contributed by atoms with Gasteiger partial charge in [-0.25, -0.2) is 9.59 Å². The summed E-state index contributed by atoms with van der Waals surface area (Å²) in [5.74, 6) is -1.36. The van der Waals surface area contributed by atoms with Gasteiger partial charge in [0.05, 0.1) is 39.5 Å². The Morgan fingerprint density at radius 1 is 0.667 bits per heavy atom. The first kappa shape index (κ1) is 34.8. The van der Waals surface area contributed by atoms with Crippen LogP contribution in [0.25, 0.3) is 44.1 Å². The number of fused-ring (bicyclic) bond motifs is 2. The molecule has 0 spiro atoms. The van der Waals surface area contributed by atoms with Crippen molar-refractivity contribution in [1.29, 1.82) is 0 Å². The highest BCUT2D eigenvalue weighted by atomic mass is 35.5. The number of carbonyl (C=O) groups is 2. The van der Waals surface area contributed by atoms with Gasteiger partial charge < -0.3 is 30.0 Å². The molecule has 8 nitrogen and oxygen atoms in total. The quantitative estimate of drug-likeness (QED) is 0.109. The van der Waals surface area contributed by atoms with E-state index < -0.39 is 17.2 Å². The van der Waals surface area contributed by atoms with Crippen LogP contribution in [0.15, 0.2) is 73.1 Å². The highest BCUT2D eigenvalue weighted by Crippen LogP contribution is 2.44. The van der Waals surface area contributed by atoms with Crippen molar-refractivity contribution in [1.82, 2.24) is 9.97 Å². The molecule has 8 rings (SSSR count). The lowest BCUT2D eigenvalue weighted by Crippen LogP contribution is -2.33. The SMILES string of the molecule is COC(=O)c1c[nH]c2cc(Cl)c(-c3ccc(C4(O)CCC4)cc3C)cc12.Cc1cc(C2(O)CCC2)ccc1-c1cc2c(C(=O)O)c[nH]c2cc1Cl. The molecule has 2 fully saturated rings. The van der Waals surface area contributed by atoms with E-state index in [9.17, 15) is 24.9 Å². The summed E-state index contributed by atoms with van der Waals surface area (Å²) in [6.45, 7) is 4.00. The molecular weight excluding hydrogens is 687 g/mol. The molecule has 5 N–H and O–H groups in total. The highest BCUT2D eigenvalue weighted by molar-refractivity contribution is 6.35. The van der Waals surface area contributed by atoms with E-state index in [0.717, 1.165) is 93.9 Å². The van der Waals surface area contributed by atoms with Gasteiger partial charge in [-0.1, -0.05) is 59.6 Å². The summed E-state index contributed by atoms with van der Waals surface area (Å²) in [6.07, 6.45) is 8.44. The van der Waals surface area contributed by atoms with Crippen molar-refractivity contribution in [3.05, 3.63) is 116 Å². The fraction of sp³-hybridized carbons (Fsp3) is 0.268. The van der Waals surface area contributed by atoms with Crippen molar-refractivity contribution in [3.63, 3.8) is 0 Å². The molecular formula is C41H38Cl2N2O6. The number of ether oxygens (including phenoxy) is 1. The maximum Gasteiger partial charge on any atom is 0.340 e. The number of aromatic amines is 2. The lowest BCUT2D eigenvalue weighted by molar-refractivity contribution is -0.0391. The Labute approximate surface area is 305 Å². The number of hydrogen-bond acceptors (Lipinski definition) is 5. The minimum absolute atomic E-state index is 0.228. The van der Waals surface area contributed by atoms with E-state index in [-0.39, 0.29) is 11.5 Å². The van der Waals surface area contributed by atoms with Crippen molar-refractivity contribution in [3.8, 4) is 22.3 Å². The molecule has 6 aromatic rings. The van der Waals surface area contributed by atoms with Crippen LogP contribution in [-0.4, -0.2) is 44.3 Å². The Morgan fingerprint density at radius 3 is 1.47 bits per heavy atom. The van der Waals surface area contributed by atoms with E-state index in [2.05, 4.69) is 9.97 Å². The largest absolute Gasteiger partial charge is 0.478 e. The van der Waals surface area contributed by atoms with Gasteiger partial charge in [-0.2, -0.15) is 0 Å². The lowest BCUT2D eigenvalue weighted by Gasteiger charge is -2.37. The van der Waals surface area contributed by atoms with Gasteiger partial charge in [0, 0.05) is 45.3 Å². The third kappa shape index (κ3) is 6.20. The number of esters is 1. The summed E-state index contributed by atoms with van der Waals surface area (Å²) >= 11 is 13.0. The number of nitrogens with one attached hydrogen (secondary N) is 2. The second-order valence-corrected chi connectivity index (χ2v) is 14.6. The van der Waals surface area contributed by atoms with Crippen LogP contribution in [0.4, 0.5) is 0 Å². The second kappa shape index (κ2) is 13.2. The Hall–Kier alpha value is -4.60. The molecule has 0 bridgehead atoms. The first-order chi connectivity index (χ1) is 24.3. The first-order valence-corrected chi connectivity index (χ1v) is 17.7. The molecule has 2 saturated carbocycles. The number of aromatic carboxylic acids is 1. The summed E-state index contributed by atoms with van der Waals surface area (Å²) in [7, 11) is 1.37. The number of aryl methyl sites for hydroxylation is 2. The Kier molecular flexibility index (Phi) is 9.00. The zero-order valence-electron chi connectivity index (χ0n) is 28.5. The Balaban J connectivity index is 0.000000159. The normalized spacial score (nSPS) is 15.8. The third-order valence-electron chi connectivity index (χ3n) is 10.6. The zero-order valence-corrected chi connectivity index (χ0v) is 30.0. The molecule has 10 heteroatoms. The van der Waals surface area contributed by atoms with Crippen LogP contribution in [0.3, 0.4) is 0 Å². The van der Waals surface area contributed by atoms with Gasteiger partial charge in [-0.3, -0.25) is 0 Å². The summed E-state index contributed by atoms with van der Waals surface area (Å²) in [5, 5.41) is 33.0. The highest BCUT2D eigenvalue weighted by Gasteiger charge is 2.37. The first-order valence-electron chi connectivity index (χ1n) is 16.9. The number of methoxy groups -OCH3 is 1. The number of aliphatic hydroxyl groups is 2. The van der Waals surface area contributed by atoms with Crippen molar-refractivity contribution in [2.45, 2.75) is 63.6 Å². The fourth-order valence-electron chi connectivity index (χ4n) is 7.27. The van der Waals surface area contributed by atoms with Gasteiger partial charge >= 0.3 is 11.9 Å². The molecule has 0 aliphatic heterocycles. The third-order valence-corrected chi connectivity index (χ3v) is 11.3. The number of carboxylic acid groups (broad SMARTS) is 1. The number of carboxylic acids is 1. The van der Waals surface area contributed by atoms with Gasteiger partial charge in [0.25, 0.3) is 0 Å². The second-order valence-electron chi connectivity index (χ2n) is 13.8. The van der Waals surface area contributed by atoms with Crippen LogP contribution >= 0.6 is 23.2 Å². The van der Waals surface area contributed by atoms with Gasteiger partial charge in [0.1, 0.15) is 0 Å². The Morgan fingerprint density at radius 2 is 1.10 bits per heavy atom. The standard InChI is InChI=1S/C21H20ClNO3.C20H18ClNO3/c1-12-8-13(21(25)6-3-7-21)4-5-14(12)15-9-16-17(20(24)26-2)11-23-19(16)10-18(15)22;1-11-7-12(20(25)5-2-6-20)3-4-13(11)14-8-15-16(19(23)24)10-22-18(15)9-17(14)21/h4-5,8-11,23,25H,3,6-7H2,1-2H3;3-4,7-10,22,25H,2,5-6H2,1H3,(H,23,24). The molecule has 0 radical (unpaired) electrons. The summed E-state index contributed by atoms with van der Waals surface area (Å²) in [4.78, 5) is 29.4. The van der Waals surface area contributed by atoms with E-state index in [4.69, 9.17) is 27.9 Å². The topological polar surface area (TPSA) is 136 Å². The van der Waals surface area contributed by atoms with Crippen molar-refractivity contribution in [2.75, 3.05) is 7.11 Å². The molecule has 0 saturated heterocycles. The van der Waals surface area contributed by atoms with E-state index in [1.54, 1.807) is 12.3 Å². The van der Waals surface area contributed by atoms with Gasteiger partial charge in [-0.05, 0) is 110 Å². The van der Waals surface area contributed by atoms with E-state index >= 15 is 0 Å². The molecule has 0 atom stereocenters. The van der Waals surface area contributed by atoms with Crippen LogP contribution in [0.2, 0.25) is 10.0 Å². The zero-order chi connectivity index (χ0) is 36.2. The molecule has 2 aliphatic carbocycles. The number of carbonyl (C=O) groups excluding carboxylic acids is 1. The van der Waals surface area contributed by atoms with Crippen LogP contribution in [0.5, 0.6) is 0 Å². The number of benzene rings is 4. The van der Waals surface area contributed by atoms with Crippen LogP contribution in [0, 0.1) is 13.8 Å². The predicted molar refractivity (Wildman–Crippen MR) is 201 cm³/mol. The number of hydrogen-bond donors (Lipinski definition) is 5. The lowest BCUT2D eigenvalue weighted by atomic mass is 9.74. The minimum atomic E-state index is -0.973. The smallest absolute Gasteiger partial charge is 0.340 e. The van der Waals surface area contributed by atoms with Crippen LogP contribution in [0.1, 0.15) is 81.5 Å². The Bertz CT molecular complexity index is 2350. The fourth-order valence-corrected chi connectivity index (χ4v) is 7.80. The molecule has 51 heavy (non-hydrogen) atoms. The monoisotopic (exact) mass is 724 g/mol. The van der Waals surface area contributed by atoms with E-state index in [1.165, 1.54) is 13.3 Å². The summed E-state index contributed by atoms with van der Waals surface area (Å²) < 4.78 is 4.85. The molecule has 0 unspecified atom stereocenters. The molecule has 2 heterocycles.